The van der Waals surface area contributed by atoms with Gasteiger partial charge in [0.05, 0.1) is 22.1 Å². The number of nitrogens with one attached hydrogen (secondary N) is 1. The second-order valence-corrected chi connectivity index (χ2v) is 4.95. The van der Waals surface area contributed by atoms with E-state index >= 15 is 0 Å². The molecule has 0 heterocycles. The molecule has 0 spiro atoms. The number of alkyl halides is 3. The third kappa shape index (κ3) is 2.95. The topological polar surface area (TPSA) is 70.0 Å². The van der Waals surface area contributed by atoms with Crippen LogP contribution < -0.4 is 4.72 Å². The van der Waals surface area contributed by atoms with Crippen LogP contribution in [0.15, 0.2) is 23.1 Å². The Kier molecular flexibility index (Phi) is 3.45. The average Bonchev–Trinajstić information content (AvgIpc) is 2.27. The van der Waals surface area contributed by atoms with Crippen molar-refractivity contribution in [2.75, 3.05) is 7.05 Å². The quantitative estimate of drug-likeness (QED) is 0.879. The van der Waals surface area contributed by atoms with E-state index in [0.717, 1.165) is 13.1 Å². The van der Waals surface area contributed by atoms with Gasteiger partial charge in [-0.3, -0.25) is 0 Å². The molecule has 0 fully saturated rings. The molecule has 0 aliphatic heterocycles. The Morgan fingerprint density at radius 2 is 1.88 bits per heavy atom. The highest BCUT2D eigenvalue weighted by atomic mass is 32.2. The number of hydrogen-bond donors (Lipinski definition) is 1. The summed E-state index contributed by atoms with van der Waals surface area (Å²) in [6, 6.07) is 3.43. The highest BCUT2D eigenvalue weighted by Crippen LogP contribution is 2.31. The van der Waals surface area contributed by atoms with Crippen LogP contribution in [0.3, 0.4) is 0 Å². The van der Waals surface area contributed by atoms with Crippen LogP contribution in [0.5, 0.6) is 0 Å². The number of hydrogen-bond acceptors (Lipinski definition) is 3. The summed E-state index contributed by atoms with van der Waals surface area (Å²) in [6.45, 7) is 0. The summed E-state index contributed by atoms with van der Waals surface area (Å²) >= 11 is 0. The van der Waals surface area contributed by atoms with Crippen molar-refractivity contribution >= 4 is 10.0 Å². The largest absolute Gasteiger partial charge is 0.416 e. The van der Waals surface area contributed by atoms with Gasteiger partial charge in [0.2, 0.25) is 10.0 Å². The molecule has 0 aliphatic carbocycles. The second-order valence-electron chi connectivity index (χ2n) is 3.06. The zero-order valence-corrected chi connectivity index (χ0v) is 9.35. The average molecular weight is 264 g/mol. The minimum absolute atomic E-state index is 0.367. The van der Waals surface area contributed by atoms with Crippen molar-refractivity contribution in [2.24, 2.45) is 0 Å². The molecule has 8 heteroatoms. The maximum Gasteiger partial charge on any atom is 0.416 e. The summed E-state index contributed by atoms with van der Waals surface area (Å²) in [5.74, 6) is 0. The molecule has 0 saturated heterocycles. The van der Waals surface area contributed by atoms with E-state index in [1.54, 1.807) is 0 Å². The van der Waals surface area contributed by atoms with E-state index in [9.17, 15) is 21.6 Å². The van der Waals surface area contributed by atoms with Crippen molar-refractivity contribution in [3.63, 3.8) is 0 Å². The minimum atomic E-state index is -4.70. The van der Waals surface area contributed by atoms with E-state index in [-0.39, 0.29) is 5.56 Å². The first-order chi connectivity index (χ1) is 7.70. The maximum absolute atomic E-state index is 12.5. The number of nitrogens with zero attached hydrogens (tertiary/aromatic N) is 1. The van der Waals surface area contributed by atoms with Gasteiger partial charge in [-0.1, -0.05) is 0 Å². The Bertz CT molecular complexity index is 573. The second kappa shape index (κ2) is 4.35. The molecule has 0 saturated carbocycles. The molecule has 1 aromatic rings. The molecule has 1 aromatic carbocycles. The zero-order chi connectivity index (χ0) is 13.3. The van der Waals surface area contributed by atoms with Gasteiger partial charge in [0.15, 0.2) is 0 Å². The van der Waals surface area contributed by atoms with Crippen LogP contribution in [-0.2, 0) is 16.2 Å². The van der Waals surface area contributed by atoms with Gasteiger partial charge in [-0.15, -0.1) is 0 Å². The van der Waals surface area contributed by atoms with Crippen molar-refractivity contribution < 1.29 is 21.6 Å². The van der Waals surface area contributed by atoms with Crippen LogP contribution in [0, 0.1) is 11.3 Å². The van der Waals surface area contributed by atoms with Crippen LogP contribution in [0.4, 0.5) is 13.2 Å². The van der Waals surface area contributed by atoms with Gasteiger partial charge in [0, 0.05) is 0 Å². The molecule has 0 aliphatic rings. The Morgan fingerprint density at radius 1 is 1.29 bits per heavy atom. The zero-order valence-electron chi connectivity index (χ0n) is 8.54. The van der Waals surface area contributed by atoms with Gasteiger partial charge in [-0.2, -0.15) is 18.4 Å². The lowest BCUT2D eigenvalue weighted by molar-refractivity contribution is -0.137. The fourth-order valence-corrected chi connectivity index (χ4v) is 1.90. The smallest absolute Gasteiger partial charge is 0.214 e. The van der Waals surface area contributed by atoms with E-state index in [2.05, 4.69) is 0 Å². The van der Waals surface area contributed by atoms with E-state index < -0.39 is 26.7 Å². The third-order valence-electron chi connectivity index (χ3n) is 1.94. The molecular formula is C9H7F3N2O2S. The Morgan fingerprint density at radius 3 is 2.29 bits per heavy atom. The van der Waals surface area contributed by atoms with E-state index in [1.807, 2.05) is 4.72 Å². The first-order valence-corrected chi connectivity index (χ1v) is 5.75. The van der Waals surface area contributed by atoms with Crippen LogP contribution in [0.1, 0.15) is 11.1 Å². The first-order valence-electron chi connectivity index (χ1n) is 4.26. The Labute approximate surface area is 95.7 Å². The van der Waals surface area contributed by atoms with E-state index in [0.29, 0.717) is 12.1 Å². The van der Waals surface area contributed by atoms with Crippen LogP contribution >= 0.6 is 0 Å². The molecule has 1 rings (SSSR count). The van der Waals surface area contributed by atoms with E-state index in [4.69, 9.17) is 5.26 Å². The highest BCUT2D eigenvalue weighted by Gasteiger charge is 2.32. The molecular weight excluding hydrogens is 257 g/mol. The number of benzene rings is 1. The van der Waals surface area contributed by atoms with Crippen molar-refractivity contribution in [3.8, 4) is 6.07 Å². The van der Waals surface area contributed by atoms with Gasteiger partial charge in [-0.05, 0) is 25.2 Å². The van der Waals surface area contributed by atoms with Gasteiger partial charge in [-0.25, -0.2) is 13.1 Å². The molecule has 0 unspecified atom stereocenters. The number of nitriles is 1. The lowest BCUT2D eigenvalue weighted by Gasteiger charge is -2.09. The molecule has 0 atom stereocenters. The van der Waals surface area contributed by atoms with Crippen LogP contribution in [-0.4, -0.2) is 15.5 Å². The molecule has 0 aromatic heterocycles. The predicted molar refractivity (Wildman–Crippen MR) is 52.4 cm³/mol. The maximum atomic E-state index is 12.5. The van der Waals surface area contributed by atoms with Gasteiger partial charge < -0.3 is 0 Å². The fourth-order valence-electron chi connectivity index (χ4n) is 1.10. The monoisotopic (exact) mass is 264 g/mol. The molecule has 0 bridgehead atoms. The standard InChI is InChI=1S/C9H7F3N2O2S/c1-14-17(15,16)8-3-6(5-13)2-7(4-8)9(10,11)12/h2-4,14H,1H3. The molecule has 1 N–H and O–H groups in total. The first kappa shape index (κ1) is 13.5. The molecule has 92 valence electrons. The molecule has 0 amide bonds. The van der Waals surface area contributed by atoms with Crippen molar-refractivity contribution in [3.05, 3.63) is 29.3 Å². The lowest BCUT2D eigenvalue weighted by Crippen LogP contribution is -2.19. The third-order valence-corrected chi connectivity index (χ3v) is 3.34. The molecule has 0 radical (unpaired) electrons. The number of rotatable bonds is 2. The van der Waals surface area contributed by atoms with E-state index in [1.165, 1.54) is 6.07 Å². The normalized spacial score (nSPS) is 12.2. The Hall–Kier alpha value is -1.59. The molecule has 17 heavy (non-hydrogen) atoms. The summed E-state index contributed by atoms with van der Waals surface area (Å²) in [4.78, 5) is -0.591. The van der Waals surface area contributed by atoms with Gasteiger partial charge in [0.25, 0.3) is 0 Å². The van der Waals surface area contributed by atoms with Crippen LogP contribution in [0.25, 0.3) is 0 Å². The number of sulfonamides is 1. The summed E-state index contributed by atoms with van der Waals surface area (Å²) in [5.41, 5.74) is -1.54. The number of halogens is 3. The summed E-state index contributed by atoms with van der Waals surface area (Å²) in [7, 11) is -2.94. The van der Waals surface area contributed by atoms with Crippen LogP contribution in [0.2, 0.25) is 0 Å². The van der Waals surface area contributed by atoms with Crippen molar-refractivity contribution in [1.29, 1.82) is 5.26 Å². The van der Waals surface area contributed by atoms with Gasteiger partial charge in [0.1, 0.15) is 0 Å². The summed E-state index contributed by atoms with van der Waals surface area (Å²) in [6.07, 6.45) is -4.70. The fraction of sp³-hybridized carbons (Fsp3) is 0.222. The minimum Gasteiger partial charge on any atom is -0.214 e. The highest BCUT2D eigenvalue weighted by molar-refractivity contribution is 7.89. The Balaban J connectivity index is 3.52. The SMILES string of the molecule is CNS(=O)(=O)c1cc(C#N)cc(C(F)(F)F)c1. The summed E-state index contributed by atoms with van der Waals surface area (Å²) in [5, 5.41) is 8.56. The molecule has 4 nitrogen and oxygen atoms in total. The van der Waals surface area contributed by atoms with Crippen molar-refractivity contribution in [2.45, 2.75) is 11.1 Å². The predicted octanol–water partition coefficient (Wildman–Crippen LogP) is 1.49. The lowest BCUT2D eigenvalue weighted by atomic mass is 10.1. The van der Waals surface area contributed by atoms with Gasteiger partial charge >= 0.3 is 6.18 Å². The van der Waals surface area contributed by atoms with Crippen molar-refractivity contribution in [1.82, 2.24) is 4.72 Å². The summed E-state index contributed by atoms with van der Waals surface area (Å²) < 4.78 is 62.0.